The molecule has 1 aromatic heterocycles. The van der Waals surface area contributed by atoms with E-state index < -0.39 is 0 Å². The van der Waals surface area contributed by atoms with Gasteiger partial charge in [0.25, 0.3) is 0 Å². The van der Waals surface area contributed by atoms with E-state index in [-0.39, 0.29) is 0 Å². The second kappa shape index (κ2) is 2.88. The average Bonchev–Trinajstić information content (AvgIpc) is 1.91. The van der Waals surface area contributed by atoms with Gasteiger partial charge < -0.3 is 0 Å². The summed E-state index contributed by atoms with van der Waals surface area (Å²) in [5, 5.41) is 8.17. The Kier molecular flexibility index (Phi) is 1.87. The molecule has 0 bridgehead atoms. The van der Waals surface area contributed by atoms with Gasteiger partial charge >= 0.3 is 7.28 Å². The molecule has 1 aromatic rings. The van der Waals surface area contributed by atoms with Gasteiger partial charge in [-0.1, -0.05) is 6.07 Å². The first-order valence-corrected chi connectivity index (χ1v) is 2.57. The molecule has 2 nitrogen and oxygen atoms in total. The number of hydrogen-bond acceptors (Lipinski definition) is 2. The average molecular weight is 115 g/mol. The summed E-state index contributed by atoms with van der Waals surface area (Å²) in [6.45, 7) is 0. The van der Waals surface area contributed by atoms with Gasteiger partial charge in [-0.2, -0.15) is 0 Å². The van der Waals surface area contributed by atoms with Gasteiger partial charge in [0, 0.05) is 17.8 Å². The van der Waals surface area contributed by atoms with Crippen molar-refractivity contribution in [2.75, 3.05) is 0 Å². The lowest BCUT2D eigenvalue weighted by molar-refractivity contribution is 1.39. The first kappa shape index (κ1) is 5.83. The van der Waals surface area contributed by atoms with Crippen molar-refractivity contribution in [1.82, 2.24) is 4.98 Å². The molecule has 0 spiro atoms. The normalized spacial score (nSPS) is 7.89. The molecule has 0 unspecified atom stereocenters. The van der Waals surface area contributed by atoms with Crippen LogP contribution in [0.4, 0.5) is 0 Å². The van der Waals surface area contributed by atoms with Crippen molar-refractivity contribution in [3.05, 3.63) is 24.4 Å². The quantitative estimate of drug-likeness (QED) is 0.479. The van der Waals surface area contributed by atoms with E-state index in [1.54, 1.807) is 12.3 Å². The molecule has 9 heavy (non-hydrogen) atoms. The van der Waals surface area contributed by atoms with Crippen molar-refractivity contribution in [2.24, 2.45) is 0 Å². The van der Waals surface area contributed by atoms with Crippen LogP contribution in [0, 0.1) is 11.2 Å². The van der Waals surface area contributed by atoms with E-state index in [9.17, 15) is 0 Å². The van der Waals surface area contributed by atoms with Gasteiger partial charge in [0.2, 0.25) is 0 Å². The van der Waals surface area contributed by atoms with Crippen LogP contribution in [-0.4, -0.2) is 12.3 Å². The van der Waals surface area contributed by atoms with E-state index in [4.69, 9.17) is 5.26 Å². The van der Waals surface area contributed by atoms with Crippen molar-refractivity contribution in [2.45, 2.75) is 0 Å². The highest BCUT2D eigenvalue weighted by Crippen LogP contribution is 1.73. The number of nitriles is 1. The number of rotatable bonds is 1. The first-order valence-electron chi connectivity index (χ1n) is 2.57. The predicted octanol–water partition coefficient (Wildman–Crippen LogP) is -0.108. The predicted molar refractivity (Wildman–Crippen MR) is 35.2 cm³/mol. The minimum absolute atomic E-state index is 0.708. The van der Waals surface area contributed by atoms with E-state index in [0.717, 1.165) is 0 Å². The number of pyridine rings is 1. The van der Waals surface area contributed by atoms with Crippen LogP contribution in [0.3, 0.4) is 0 Å². The third kappa shape index (κ3) is 1.58. The van der Waals surface area contributed by atoms with E-state index in [2.05, 4.69) is 4.98 Å². The fraction of sp³-hybridized carbons (Fsp3) is 0. The van der Waals surface area contributed by atoms with E-state index >= 15 is 0 Å². The number of aromatic nitrogens is 1. The molecule has 0 aromatic carbocycles. The van der Waals surface area contributed by atoms with Crippen molar-refractivity contribution < 1.29 is 0 Å². The van der Waals surface area contributed by atoms with Gasteiger partial charge in [-0.25, -0.2) is 5.26 Å². The highest BCUT2D eigenvalue weighted by atomic mass is 14.6. The van der Waals surface area contributed by atoms with Crippen LogP contribution < -0.4 is 5.59 Å². The van der Waals surface area contributed by atoms with Crippen molar-refractivity contribution in [3.8, 4) is 5.97 Å². The van der Waals surface area contributed by atoms with Gasteiger partial charge in [0.05, 0.1) is 0 Å². The van der Waals surface area contributed by atoms with Gasteiger partial charge in [-0.3, -0.25) is 4.98 Å². The highest BCUT2D eigenvalue weighted by molar-refractivity contribution is 6.59. The third-order valence-electron chi connectivity index (χ3n) is 0.900. The first-order chi connectivity index (χ1) is 4.43. The zero-order chi connectivity index (χ0) is 6.53. The molecule has 0 N–H and O–H groups in total. The molecule has 0 aliphatic carbocycles. The largest absolute Gasteiger partial charge is 0.316 e. The van der Waals surface area contributed by atoms with E-state index in [1.165, 1.54) is 7.28 Å². The van der Waals surface area contributed by atoms with Crippen molar-refractivity contribution in [1.29, 1.82) is 5.26 Å². The molecule has 0 saturated heterocycles. The molecule has 0 fully saturated rings. The highest BCUT2D eigenvalue weighted by Gasteiger charge is 1.90. The minimum atomic E-state index is 0.708. The zero-order valence-corrected chi connectivity index (χ0v) is 4.78. The topological polar surface area (TPSA) is 36.7 Å². The number of nitrogens with zero attached hydrogens (tertiary/aromatic N) is 2. The molecule has 0 amide bonds. The Labute approximate surface area is 54.4 Å². The summed E-state index contributed by atoms with van der Waals surface area (Å²) in [4.78, 5) is 3.89. The molecule has 1 radical (unpaired) electrons. The second-order valence-electron chi connectivity index (χ2n) is 1.53. The summed E-state index contributed by atoms with van der Waals surface area (Å²) in [7, 11) is 1.40. The molecule has 0 atom stereocenters. The zero-order valence-electron chi connectivity index (χ0n) is 4.78. The van der Waals surface area contributed by atoms with Crippen LogP contribution in [0.2, 0.25) is 0 Å². The lowest BCUT2D eigenvalue weighted by Gasteiger charge is -1.85. The Morgan fingerprint density at radius 2 is 2.44 bits per heavy atom. The summed E-state index contributed by atoms with van der Waals surface area (Å²) in [5.74, 6) is 1.90. The smallest absolute Gasteiger partial charge is 0.271 e. The molecule has 0 aliphatic rings. The van der Waals surface area contributed by atoms with Crippen LogP contribution in [0.15, 0.2) is 24.4 Å². The van der Waals surface area contributed by atoms with Crippen LogP contribution in [0.5, 0.6) is 0 Å². The summed E-state index contributed by atoms with van der Waals surface area (Å²) < 4.78 is 0. The van der Waals surface area contributed by atoms with Crippen LogP contribution in [0.1, 0.15) is 0 Å². The maximum Gasteiger partial charge on any atom is 0.316 e. The lowest BCUT2D eigenvalue weighted by Crippen LogP contribution is -2.15. The molecular weight excluding hydrogens is 111 g/mol. The number of hydrogen-bond donors (Lipinski definition) is 0. The molecule has 0 saturated carbocycles. The Morgan fingerprint density at radius 1 is 1.56 bits per heavy atom. The van der Waals surface area contributed by atoms with E-state index in [0.29, 0.717) is 5.59 Å². The van der Waals surface area contributed by atoms with Crippen molar-refractivity contribution >= 4 is 12.9 Å². The molecule has 41 valence electrons. The van der Waals surface area contributed by atoms with E-state index in [1.807, 2.05) is 18.1 Å². The SMILES string of the molecule is N#C[B]c1ccccn1. The Morgan fingerprint density at radius 3 is 3.00 bits per heavy atom. The van der Waals surface area contributed by atoms with Crippen LogP contribution in [-0.2, 0) is 0 Å². The molecular formula is C6H4BN2. The Bertz CT molecular complexity index is 214. The lowest BCUT2D eigenvalue weighted by atomic mass is 9.77. The summed E-state index contributed by atoms with van der Waals surface area (Å²) in [5.41, 5.74) is 0.708. The Balaban J connectivity index is 2.76. The van der Waals surface area contributed by atoms with Crippen LogP contribution >= 0.6 is 0 Å². The molecule has 3 heteroatoms. The molecule has 0 aliphatic heterocycles. The maximum absolute atomic E-state index is 8.17. The van der Waals surface area contributed by atoms with Gasteiger partial charge in [-0.05, 0) is 12.1 Å². The van der Waals surface area contributed by atoms with Gasteiger partial charge in [0.15, 0.2) is 0 Å². The van der Waals surface area contributed by atoms with Gasteiger partial charge in [-0.15, -0.1) is 0 Å². The van der Waals surface area contributed by atoms with Crippen molar-refractivity contribution in [3.63, 3.8) is 0 Å². The van der Waals surface area contributed by atoms with Crippen LogP contribution in [0.25, 0.3) is 0 Å². The monoisotopic (exact) mass is 115 g/mol. The second-order valence-corrected chi connectivity index (χ2v) is 1.53. The fourth-order valence-corrected chi connectivity index (χ4v) is 0.527. The Hall–Kier alpha value is -1.30. The molecule has 1 heterocycles. The fourth-order valence-electron chi connectivity index (χ4n) is 0.527. The summed E-state index contributed by atoms with van der Waals surface area (Å²) in [6.07, 6.45) is 1.66. The summed E-state index contributed by atoms with van der Waals surface area (Å²) in [6, 6.07) is 5.44. The third-order valence-corrected chi connectivity index (χ3v) is 0.900. The molecule has 1 rings (SSSR count). The van der Waals surface area contributed by atoms with Gasteiger partial charge in [0.1, 0.15) is 0 Å². The standard InChI is InChI=1S/C6H4BN2/c8-5-7-6-3-1-2-4-9-6/h1-4H. The minimum Gasteiger partial charge on any atom is -0.271 e. The summed E-state index contributed by atoms with van der Waals surface area (Å²) >= 11 is 0. The maximum atomic E-state index is 8.17.